The van der Waals surface area contributed by atoms with Crippen molar-refractivity contribution in [1.29, 1.82) is 0 Å². The Morgan fingerprint density at radius 1 is 0.326 bits per heavy atom. The van der Waals surface area contributed by atoms with E-state index in [1.165, 1.54) is 0 Å². The lowest BCUT2D eigenvalue weighted by Gasteiger charge is -2.49. The van der Waals surface area contributed by atoms with Gasteiger partial charge in [-0.15, -0.1) is 0 Å². The number of aliphatic hydroxyl groups is 1. The Morgan fingerprint density at radius 3 is 1.05 bits per heavy atom. The molecule has 0 aromatic heterocycles. The zero-order chi connectivity index (χ0) is 58.6. The monoisotopic (exact) mass is 1150 g/mol. The van der Waals surface area contributed by atoms with E-state index in [1.807, 2.05) is 231 Å². The molecule has 0 radical (unpaired) electrons. The van der Waals surface area contributed by atoms with Gasteiger partial charge in [-0.3, -0.25) is 0 Å². The molecule has 11 nitrogen and oxygen atoms in total. The number of hydrogen-bond acceptors (Lipinski definition) is 11. The van der Waals surface area contributed by atoms with E-state index in [4.69, 9.17) is 47.4 Å². The Bertz CT molecular complexity index is 3290. The number of methoxy groups -OCH3 is 1. The summed E-state index contributed by atoms with van der Waals surface area (Å²) in [4.78, 5) is 0. The summed E-state index contributed by atoms with van der Waals surface area (Å²) in [5, 5.41) is 13.3. The fraction of sp³-hybridized carbons (Fsp3) is 0.280. The van der Waals surface area contributed by atoms with Crippen LogP contribution in [0.1, 0.15) is 56.5 Å². The summed E-state index contributed by atoms with van der Waals surface area (Å²) >= 11 is 0. The first-order valence-electron chi connectivity index (χ1n) is 29.8. The molecule has 11 heteroatoms. The molecular weight excluding hydrogens is 1080 g/mol. The Balaban J connectivity index is 1.000. The van der Waals surface area contributed by atoms with E-state index in [1.54, 1.807) is 7.11 Å². The summed E-state index contributed by atoms with van der Waals surface area (Å²) in [7, 11) is 1.66. The van der Waals surface area contributed by atoms with Gasteiger partial charge in [0.05, 0.1) is 72.2 Å². The van der Waals surface area contributed by atoms with E-state index < -0.39 is 66.6 Å². The Morgan fingerprint density at radius 2 is 0.640 bits per heavy atom. The van der Waals surface area contributed by atoms with E-state index in [0.717, 1.165) is 50.1 Å². The van der Waals surface area contributed by atoms with Crippen molar-refractivity contribution in [2.24, 2.45) is 0 Å². The fourth-order valence-corrected chi connectivity index (χ4v) is 11.7. The molecule has 442 valence electrons. The van der Waals surface area contributed by atoms with Crippen LogP contribution in [0.3, 0.4) is 0 Å². The predicted molar refractivity (Wildman–Crippen MR) is 331 cm³/mol. The summed E-state index contributed by atoms with van der Waals surface area (Å²) < 4.78 is 70.4. The Hall–Kier alpha value is -7.62. The normalized spacial score (nSPS) is 22.3. The van der Waals surface area contributed by atoms with Gasteiger partial charge in [0.1, 0.15) is 60.2 Å². The first kappa shape index (κ1) is 60.1. The molecule has 0 unspecified atom stereocenters. The molecule has 0 aliphatic carbocycles. The third-order valence-electron chi connectivity index (χ3n) is 16.1. The molecule has 1 N–H and O–H groups in total. The lowest BCUT2D eigenvalue weighted by atomic mass is 9.80. The number of rotatable bonds is 28. The van der Waals surface area contributed by atoms with Crippen LogP contribution in [0, 0.1) is 0 Å². The van der Waals surface area contributed by atoms with Crippen molar-refractivity contribution >= 4 is 0 Å². The quantitative estimate of drug-likeness (QED) is 0.0473. The van der Waals surface area contributed by atoms with Crippen molar-refractivity contribution in [3.05, 3.63) is 317 Å². The van der Waals surface area contributed by atoms with E-state index in [0.29, 0.717) is 12.4 Å². The molecule has 0 amide bonds. The Kier molecular flexibility index (Phi) is 21.4. The molecule has 0 saturated carbocycles. The zero-order valence-corrected chi connectivity index (χ0v) is 48.6. The molecule has 9 aromatic carbocycles. The van der Waals surface area contributed by atoms with Crippen LogP contribution in [0.5, 0.6) is 5.75 Å². The molecular formula is C75H76O11. The molecule has 11 rings (SSSR count). The average Bonchev–Trinajstić information content (AvgIpc) is 2.13. The highest BCUT2D eigenvalue weighted by Gasteiger charge is 2.53. The van der Waals surface area contributed by atoms with Crippen molar-refractivity contribution in [2.45, 2.75) is 113 Å². The van der Waals surface area contributed by atoms with Gasteiger partial charge < -0.3 is 52.5 Å². The molecule has 2 aliphatic heterocycles. The van der Waals surface area contributed by atoms with E-state index in [2.05, 4.69) is 36.4 Å². The van der Waals surface area contributed by atoms with Gasteiger partial charge >= 0.3 is 0 Å². The second-order valence-corrected chi connectivity index (χ2v) is 21.9. The number of aliphatic hydroxyl groups excluding tert-OH is 1. The van der Waals surface area contributed by atoms with Gasteiger partial charge in [-0.05, 0) is 62.2 Å². The van der Waals surface area contributed by atoms with Gasteiger partial charge in [0.25, 0.3) is 0 Å². The highest BCUT2D eigenvalue weighted by atomic mass is 16.6. The fourth-order valence-electron chi connectivity index (χ4n) is 11.7. The zero-order valence-electron chi connectivity index (χ0n) is 48.6. The molecule has 0 spiro atoms. The average molecular weight is 1150 g/mol. The van der Waals surface area contributed by atoms with Crippen molar-refractivity contribution < 1.29 is 52.5 Å². The van der Waals surface area contributed by atoms with Gasteiger partial charge in [-0.2, -0.15) is 0 Å². The molecule has 2 fully saturated rings. The van der Waals surface area contributed by atoms with Gasteiger partial charge in [-0.1, -0.05) is 255 Å². The maximum Gasteiger partial charge on any atom is 0.143 e. The third-order valence-corrected chi connectivity index (χ3v) is 16.1. The topological polar surface area (TPSA) is 113 Å². The second kappa shape index (κ2) is 30.6. The molecule has 0 bridgehead atoms. The van der Waals surface area contributed by atoms with Crippen molar-refractivity contribution in [3.8, 4) is 5.75 Å². The maximum absolute atomic E-state index is 13.3. The van der Waals surface area contributed by atoms with Gasteiger partial charge in [0, 0.05) is 6.42 Å². The van der Waals surface area contributed by atoms with Gasteiger partial charge in [0.2, 0.25) is 0 Å². The number of benzene rings is 9. The van der Waals surface area contributed by atoms with Crippen LogP contribution in [0.2, 0.25) is 0 Å². The number of hydrogen-bond donors (Lipinski definition) is 1. The Labute approximate surface area is 505 Å². The van der Waals surface area contributed by atoms with E-state index >= 15 is 0 Å². The number of ether oxygens (including phenoxy) is 10. The third kappa shape index (κ3) is 15.5. The molecule has 2 heterocycles. The minimum Gasteiger partial charge on any atom is -0.497 e. The molecule has 2 aliphatic rings. The maximum atomic E-state index is 13.3. The summed E-state index contributed by atoms with van der Waals surface area (Å²) in [5.41, 5.74) is 7.39. The smallest absolute Gasteiger partial charge is 0.143 e. The lowest BCUT2D eigenvalue weighted by Crippen LogP contribution is -2.64. The molecule has 2 saturated heterocycles. The predicted octanol–water partition coefficient (Wildman–Crippen LogP) is 13.4. The first-order chi connectivity index (χ1) is 42.5. The summed E-state index contributed by atoms with van der Waals surface area (Å²) in [6, 6.07) is 88.8. The first-order valence-corrected chi connectivity index (χ1v) is 29.8. The largest absolute Gasteiger partial charge is 0.497 e. The highest BCUT2D eigenvalue weighted by Crippen LogP contribution is 2.43. The van der Waals surface area contributed by atoms with Crippen LogP contribution in [-0.4, -0.2) is 86.5 Å². The van der Waals surface area contributed by atoms with Crippen molar-refractivity contribution in [1.82, 2.24) is 0 Å². The minimum absolute atomic E-state index is 0.00267. The molecule has 9 aromatic rings. The van der Waals surface area contributed by atoms with Crippen LogP contribution in [0.25, 0.3) is 0 Å². The highest BCUT2D eigenvalue weighted by molar-refractivity contribution is 5.49. The standard InChI is InChI=1S/C75H76O11/c1-77-64-44-42-63(43-45-64)75(61-38-22-8-23-39-61,62-40-24-9-25-41-62)84-54-68-71(80-49-57-30-14-4-15-31-57)73(82-51-59-34-18-6-19-35-59)69(76)65(85-68)46-66-70(79-48-56-28-12-3-13-29-56)74(83-52-60-36-20-7-21-37-60)72(81-50-58-32-16-5-17-33-58)67(86-66)53-78-47-55-26-10-2-11-27-55/h2-45,65-74,76H,46-54H2,1H3/t65-,66+,67-,68-,69-,70+,71-,72-,73-,74-/m1/s1. The van der Waals surface area contributed by atoms with Gasteiger partial charge in [0.15, 0.2) is 0 Å². The van der Waals surface area contributed by atoms with Crippen molar-refractivity contribution in [3.63, 3.8) is 0 Å². The van der Waals surface area contributed by atoms with Crippen LogP contribution in [0.15, 0.2) is 267 Å². The molecule has 86 heavy (non-hydrogen) atoms. The SMILES string of the molecule is COc1ccc(C(OC[C@H]2O[C@H](C[C@@H]3O[C@H](COCc4ccccc4)[C@@H](OCc4ccccc4)[C@H](OCc4ccccc4)[C@H]3OCc3ccccc3)[C@@H](O)[C@@H](OCc3ccccc3)[C@@H]2OCc2ccccc2)(c2ccccc2)c2ccccc2)cc1. The van der Waals surface area contributed by atoms with Gasteiger partial charge in [-0.25, -0.2) is 0 Å². The van der Waals surface area contributed by atoms with Crippen LogP contribution in [0.4, 0.5) is 0 Å². The van der Waals surface area contributed by atoms with Crippen LogP contribution in [-0.2, 0) is 87.9 Å². The summed E-state index contributed by atoms with van der Waals surface area (Å²) in [5.74, 6) is 0.715. The van der Waals surface area contributed by atoms with Crippen LogP contribution < -0.4 is 4.74 Å². The van der Waals surface area contributed by atoms with Crippen LogP contribution >= 0.6 is 0 Å². The van der Waals surface area contributed by atoms with E-state index in [9.17, 15) is 5.11 Å². The van der Waals surface area contributed by atoms with E-state index in [-0.39, 0.29) is 52.7 Å². The summed E-state index contributed by atoms with van der Waals surface area (Å²) in [6.07, 6.45) is -8.21. The minimum atomic E-state index is -1.24. The second-order valence-electron chi connectivity index (χ2n) is 21.9. The molecule has 10 atom stereocenters. The lowest BCUT2D eigenvalue weighted by molar-refractivity contribution is -0.295. The summed E-state index contributed by atoms with van der Waals surface area (Å²) in [6.45, 7) is 1.71. The van der Waals surface area contributed by atoms with Crippen molar-refractivity contribution in [2.75, 3.05) is 20.3 Å².